The molecule has 0 saturated heterocycles. The molecule has 0 unspecified atom stereocenters. The van der Waals surface area contributed by atoms with Crippen LogP contribution in [0.4, 0.5) is 0 Å². The molecule has 0 fully saturated rings. The Morgan fingerprint density at radius 2 is 1.38 bits per heavy atom. The van der Waals surface area contributed by atoms with Crippen molar-refractivity contribution in [3.05, 3.63) is 97.1 Å². The second-order valence-corrected chi connectivity index (χ2v) is 6.50. The minimum Gasteiger partial charge on any atom is -0.458 e. The summed E-state index contributed by atoms with van der Waals surface area (Å²) in [7, 11) is 0. The molecule has 162 valence electrons. The Balaban J connectivity index is 1.61. The third-order valence-electron chi connectivity index (χ3n) is 4.32. The number of carbonyl (C=O) groups is 3. The molecule has 3 aromatic carbocycles. The lowest BCUT2D eigenvalue weighted by atomic mass is 10.1. The molecule has 0 aliphatic rings. The minimum atomic E-state index is -0.590. The van der Waals surface area contributed by atoms with E-state index in [1.54, 1.807) is 36.4 Å². The van der Waals surface area contributed by atoms with Crippen LogP contribution in [-0.4, -0.2) is 24.7 Å². The van der Waals surface area contributed by atoms with Gasteiger partial charge in [0.1, 0.15) is 18.1 Å². The van der Waals surface area contributed by atoms with Crippen molar-refractivity contribution in [3.63, 3.8) is 0 Å². The van der Waals surface area contributed by atoms with Crippen LogP contribution in [0.5, 0.6) is 11.5 Å². The van der Waals surface area contributed by atoms with E-state index in [0.29, 0.717) is 17.1 Å². The van der Waals surface area contributed by atoms with Gasteiger partial charge in [0.05, 0.1) is 5.56 Å². The average Bonchev–Trinajstić information content (AvgIpc) is 2.82. The zero-order chi connectivity index (χ0) is 22.9. The zero-order valence-electron chi connectivity index (χ0n) is 17.1. The molecular formula is C25H20O7. The highest BCUT2D eigenvalue weighted by molar-refractivity contribution is 5.92. The Bertz CT molecular complexity index is 1160. The number of esters is 3. The number of fused-ring (bicyclic) bond motifs is 1. The largest absolute Gasteiger partial charge is 0.458 e. The van der Waals surface area contributed by atoms with Gasteiger partial charge in [-0.3, -0.25) is 0 Å². The molecule has 0 N–H and O–H groups in total. The normalized spacial score (nSPS) is 10.1. The lowest BCUT2D eigenvalue weighted by Gasteiger charge is -2.09. The SMILES string of the molecule is C=CC(=O)OCOc1ccc(C(=O)Oc2ccc3cc(COC(=O)C=C)ccc3c2)cc1. The quantitative estimate of drug-likeness (QED) is 0.215. The summed E-state index contributed by atoms with van der Waals surface area (Å²) in [5, 5.41) is 1.78. The average molecular weight is 432 g/mol. The summed E-state index contributed by atoms with van der Waals surface area (Å²) in [5.41, 5.74) is 1.17. The molecule has 0 aliphatic heterocycles. The van der Waals surface area contributed by atoms with E-state index in [1.807, 2.05) is 24.3 Å². The Labute approximate surface area is 184 Å². The highest BCUT2D eigenvalue weighted by Crippen LogP contribution is 2.23. The van der Waals surface area contributed by atoms with E-state index in [1.165, 1.54) is 0 Å². The standard InChI is InChI=1S/C25H20O7/c1-3-23(26)29-15-17-5-6-20-14-22(12-9-19(20)13-17)32-25(28)18-7-10-21(11-8-18)30-16-31-24(27)4-2/h3-14H,1-2,15-16H2. The summed E-state index contributed by atoms with van der Waals surface area (Å²) >= 11 is 0. The van der Waals surface area contributed by atoms with Gasteiger partial charge in [-0.2, -0.15) is 0 Å². The molecule has 3 rings (SSSR count). The Morgan fingerprint density at radius 3 is 2.09 bits per heavy atom. The highest BCUT2D eigenvalue weighted by atomic mass is 16.7. The molecule has 0 radical (unpaired) electrons. The van der Waals surface area contributed by atoms with Gasteiger partial charge in [0.2, 0.25) is 6.79 Å². The lowest BCUT2D eigenvalue weighted by molar-refractivity contribution is -0.144. The van der Waals surface area contributed by atoms with Gasteiger partial charge >= 0.3 is 17.9 Å². The van der Waals surface area contributed by atoms with E-state index in [4.69, 9.17) is 18.9 Å². The second-order valence-electron chi connectivity index (χ2n) is 6.50. The molecule has 3 aromatic rings. The fourth-order valence-corrected chi connectivity index (χ4v) is 2.71. The van der Waals surface area contributed by atoms with Crippen molar-refractivity contribution in [2.24, 2.45) is 0 Å². The van der Waals surface area contributed by atoms with Crippen molar-refractivity contribution in [3.8, 4) is 11.5 Å². The smallest absolute Gasteiger partial charge is 0.343 e. The van der Waals surface area contributed by atoms with Gasteiger partial charge in [-0.05, 0) is 58.8 Å². The van der Waals surface area contributed by atoms with Gasteiger partial charge in [0.25, 0.3) is 0 Å². The maximum Gasteiger partial charge on any atom is 0.343 e. The monoisotopic (exact) mass is 432 g/mol. The van der Waals surface area contributed by atoms with Crippen molar-refractivity contribution in [1.29, 1.82) is 0 Å². The topological polar surface area (TPSA) is 88.1 Å². The predicted molar refractivity (Wildman–Crippen MR) is 117 cm³/mol. The molecule has 0 aliphatic carbocycles. The molecule has 0 saturated carbocycles. The lowest BCUT2D eigenvalue weighted by Crippen LogP contribution is -2.09. The molecule has 0 amide bonds. The van der Waals surface area contributed by atoms with Gasteiger partial charge in [-0.15, -0.1) is 0 Å². The van der Waals surface area contributed by atoms with Crippen LogP contribution < -0.4 is 9.47 Å². The first-order valence-electron chi connectivity index (χ1n) is 9.54. The third kappa shape index (κ3) is 6.06. The first-order valence-corrected chi connectivity index (χ1v) is 9.54. The zero-order valence-corrected chi connectivity index (χ0v) is 17.1. The summed E-state index contributed by atoms with van der Waals surface area (Å²) < 4.78 is 20.5. The third-order valence-corrected chi connectivity index (χ3v) is 4.32. The molecule has 0 atom stereocenters. The number of ether oxygens (including phenoxy) is 4. The van der Waals surface area contributed by atoms with Gasteiger partial charge in [0.15, 0.2) is 0 Å². The van der Waals surface area contributed by atoms with Crippen LogP contribution >= 0.6 is 0 Å². The summed E-state index contributed by atoms with van der Waals surface area (Å²) in [6.45, 7) is 6.54. The van der Waals surface area contributed by atoms with Crippen LogP contribution in [-0.2, 0) is 25.7 Å². The first kappa shape index (κ1) is 22.3. The number of benzene rings is 3. The summed E-state index contributed by atoms with van der Waals surface area (Å²) in [6.07, 6.45) is 2.15. The van der Waals surface area contributed by atoms with Crippen LogP contribution in [0.15, 0.2) is 86.0 Å². The summed E-state index contributed by atoms with van der Waals surface area (Å²) in [4.78, 5) is 34.6. The Morgan fingerprint density at radius 1 is 0.750 bits per heavy atom. The van der Waals surface area contributed by atoms with E-state index in [9.17, 15) is 14.4 Å². The molecule has 0 spiro atoms. The number of rotatable bonds is 9. The van der Waals surface area contributed by atoms with Gasteiger partial charge < -0.3 is 18.9 Å². The molecule has 7 heteroatoms. The molecule has 32 heavy (non-hydrogen) atoms. The molecule has 0 heterocycles. The fraction of sp³-hybridized carbons (Fsp3) is 0.0800. The Kier molecular flexibility index (Phi) is 7.37. The molecule has 0 aromatic heterocycles. The molecular weight excluding hydrogens is 412 g/mol. The maximum absolute atomic E-state index is 12.4. The Hall–Kier alpha value is -4.39. The van der Waals surface area contributed by atoms with Crippen molar-refractivity contribution in [2.45, 2.75) is 6.61 Å². The molecule has 7 nitrogen and oxygen atoms in total. The van der Waals surface area contributed by atoms with E-state index in [-0.39, 0.29) is 13.4 Å². The number of hydrogen-bond donors (Lipinski definition) is 0. The van der Waals surface area contributed by atoms with E-state index >= 15 is 0 Å². The van der Waals surface area contributed by atoms with Crippen LogP contribution in [0.2, 0.25) is 0 Å². The van der Waals surface area contributed by atoms with Gasteiger partial charge in [-0.1, -0.05) is 31.4 Å². The van der Waals surface area contributed by atoms with E-state index in [2.05, 4.69) is 13.2 Å². The van der Waals surface area contributed by atoms with Gasteiger partial charge in [-0.25, -0.2) is 14.4 Å². The summed E-state index contributed by atoms with van der Waals surface area (Å²) in [5.74, 6) is -0.776. The van der Waals surface area contributed by atoms with Crippen molar-refractivity contribution in [2.75, 3.05) is 6.79 Å². The first-order chi connectivity index (χ1) is 15.5. The van der Waals surface area contributed by atoms with Gasteiger partial charge in [0, 0.05) is 12.2 Å². The summed E-state index contributed by atoms with van der Waals surface area (Å²) in [6, 6.07) is 17.1. The predicted octanol–water partition coefficient (Wildman–Crippen LogP) is 4.35. The number of hydrogen-bond acceptors (Lipinski definition) is 7. The van der Waals surface area contributed by atoms with Crippen LogP contribution in [0.3, 0.4) is 0 Å². The van der Waals surface area contributed by atoms with Crippen molar-refractivity contribution in [1.82, 2.24) is 0 Å². The van der Waals surface area contributed by atoms with Crippen molar-refractivity contribution < 1.29 is 33.3 Å². The molecule has 0 bridgehead atoms. The highest BCUT2D eigenvalue weighted by Gasteiger charge is 2.10. The minimum absolute atomic E-state index is 0.147. The van der Waals surface area contributed by atoms with Crippen LogP contribution in [0.1, 0.15) is 15.9 Å². The van der Waals surface area contributed by atoms with E-state index < -0.39 is 17.9 Å². The maximum atomic E-state index is 12.4. The van der Waals surface area contributed by atoms with E-state index in [0.717, 1.165) is 28.5 Å². The van der Waals surface area contributed by atoms with Crippen molar-refractivity contribution >= 4 is 28.7 Å². The van der Waals surface area contributed by atoms with Crippen LogP contribution in [0, 0.1) is 0 Å². The number of carbonyl (C=O) groups excluding carboxylic acids is 3. The fourth-order valence-electron chi connectivity index (χ4n) is 2.71. The second kappa shape index (κ2) is 10.6. The van der Waals surface area contributed by atoms with Crippen LogP contribution in [0.25, 0.3) is 10.8 Å².